The van der Waals surface area contributed by atoms with Crippen molar-refractivity contribution in [2.24, 2.45) is 0 Å². The van der Waals surface area contributed by atoms with E-state index in [1.54, 1.807) is 6.20 Å². The number of aromatic nitrogens is 2. The highest BCUT2D eigenvalue weighted by molar-refractivity contribution is 9.10. The molecular formula is C13H11BrClN3O2S. The zero-order valence-electron chi connectivity index (χ0n) is 10.8. The molecule has 0 radical (unpaired) electrons. The first-order chi connectivity index (χ1) is 9.98. The topological polar surface area (TPSA) is 63.2 Å². The largest absolute Gasteiger partial charge is 0.261 e. The molecule has 1 aliphatic heterocycles. The van der Waals surface area contributed by atoms with Gasteiger partial charge in [0.2, 0.25) is 10.0 Å². The maximum atomic E-state index is 12.7. The number of hydrogen-bond donors (Lipinski definition) is 0. The summed E-state index contributed by atoms with van der Waals surface area (Å²) in [5.41, 5.74) is 1.87. The van der Waals surface area contributed by atoms with Crippen molar-refractivity contribution in [1.82, 2.24) is 14.3 Å². The zero-order valence-corrected chi connectivity index (χ0v) is 14.0. The van der Waals surface area contributed by atoms with E-state index in [9.17, 15) is 8.42 Å². The fraction of sp³-hybridized carbons (Fsp3) is 0.231. The Bertz CT molecular complexity index is 798. The molecule has 0 aliphatic carbocycles. The van der Waals surface area contributed by atoms with E-state index >= 15 is 0 Å². The third-order valence-electron chi connectivity index (χ3n) is 3.32. The van der Waals surface area contributed by atoms with E-state index in [1.807, 2.05) is 12.1 Å². The summed E-state index contributed by atoms with van der Waals surface area (Å²) in [4.78, 5) is 8.18. The quantitative estimate of drug-likeness (QED) is 0.742. The molecule has 0 atom stereocenters. The summed E-state index contributed by atoms with van der Waals surface area (Å²) in [5, 5.41) is -0.0183. The van der Waals surface area contributed by atoms with Crippen molar-refractivity contribution in [3.63, 3.8) is 0 Å². The van der Waals surface area contributed by atoms with Gasteiger partial charge in [0.15, 0.2) is 0 Å². The molecule has 2 aromatic heterocycles. The van der Waals surface area contributed by atoms with Gasteiger partial charge in [-0.2, -0.15) is 4.31 Å². The molecule has 0 aromatic carbocycles. The van der Waals surface area contributed by atoms with Gasteiger partial charge in [0.1, 0.15) is 10.0 Å². The average Bonchev–Trinajstić information content (AvgIpc) is 2.49. The van der Waals surface area contributed by atoms with E-state index in [4.69, 9.17) is 11.6 Å². The van der Waals surface area contributed by atoms with Gasteiger partial charge in [-0.15, -0.1) is 0 Å². The second-order valence-electron chi connectivity index (χ2n) is 4.64. The Hall–Kier alpha value is -1.02. The van der Waals surface area contributed by atoms with Crippen LogP contribution in [0.2, 0.25) is 5.15 Å². The predicted octanol–water partition coefficient (Wildman–Crippen LogP) is 2.64. The summed E-state index contributed by atoms with van der Waals surface area (Å²) < 4.78 is 27.4. The SMILES string of the molecule is O=S(=O)(c1cc(Br)cnc1Cl)N1CCc2ncccc2C1. The molecule has 5 nitrogen and oxygen atoms in total. The normalized spacial score (nSPS) is 15.7. The number of fused-ring (bicyclic) bond motifs is 1. The lowest BCUT2D eigenvalue weighted by molar-refractivity contribution is 0.387. The van der Waals surface area contributed by atoms with Gasteiger partial charge in [-0.1, -0.05) is 17.7 Å². The van der Waals surface area contributed by atoms with Crippen molar-refractivity contribution in [2.45, 2.75) is 17.9 Å². The standard InChI is InChI=1S/C13H11BrClN3O2S/c14-10-6-12(13(15)17-7-10)21(19,20)18-5-3-11-9(8-18)2-1-4-16-11/h1-2,4,6-7H,3,5,8H2. The fourth-order valence-electron chi connectivity index (χ4n) is 2.27. The van der Waals surface area contributed by atoms with E-state index in [1.165, 1.54) is 16.6 Å². The molecule has 2 aromatic rings. The van der Waals surface area contributed by atoms with Gasteiger partial charge in [-0.3, -0.25) is 4.98 Å². The van der Waals surface area contributed by atoms with E-state index < -0.39 is 10.0 Å². The molecule has 8 heteroatoms. The third-order valence-corrected chi connectivity index (χ3v) is 6.03. The Morgan fingerprint density at radius 2 is 2.14 bits per heavy atom. The van der Waals surface area contributed by atoms with Gasteiger partial charge >= 0.3 is 0 Å². The average molecular weight is 389 g/mol. The lowest BCUT2D eigenvalue weighted by Crippen LogP contribution is -2.36. The van der Waals surface area contributed by atoms with Gasteiger partial charge in [0, 0.05) is 42.1 Å². The van der Waals surface area contributed by atoms with Crippen LogP contribution in [0.3, 0.4) is 0 Å². The second kappa shape index (κ2) is 5.64. The Balaban J connectivity index is 1.99. The predicted molar refractivity (Wildman–Crippen MR) is 82.5 cm³/mol. The molecule has 1 aliphatic rings. The number of hydrogen-bond acceptors (Lipinski definition) is 4. The number of rotatable bonds is 2. The Kier molecular flexibility index (Phi) is 4.00. The summed E-state index contributed by atoms with van der Waals surface area (Å²) in [5.74, 6) is 0. The van der Waals surface area contributed by atoms with Crippen LogP contribution >= 0.6 is 27.5 Å². The van der Waals surface area contributed by atoms with E-state index in [2.05, 4.69) is 25.9 Å². The van der Waals surface area contributed by atoms with Crippen LogP contribution in [-0.4, -0.2) is 29.2 Å². The molecule has 0 unspecified atom stereocenters. The zero-order chi connectivity index (χ0) is 15.0. The van der Waals surface area contributed by atoms with Crippen LogP contribution in [-0.2, 0) is 23.0 Å². The van der Waals surface area contributed by atoms with Gasteiger partial charge in [0.25, 0.3) is 0 Å². The van der Waals surface area contributed by atoms with Gasteiger partial charge in [0.05, 0.1) is 0 Å². The van der Waals surface area contributed by atoms with E-state index in [0.29, 0.717) is 24.0 Å². The van der Waals surface area contributed by atoms with Crippen LogP contribution in [0.15, 0.2) is 40.0 Å². The van der Waals surface area contributed by atoms with Crippen LogP contribution in [0, 0.1) is 0 Å². The Morgan fingerprint density at radius 3 is 2.95 bits per heavy atom. The van der Waals surface area contributed by atoms with Crippen LogP contribution < -0.4 is 0 Å². The molecule has 0 fully saturated rings. The first-order valence-corrected chi connectivity index (χ1v) is 8.83. The number of nitrogens with zero attached hydrogens (tertiary/aromatic N) is 3. The third kappa shape index (κ3) is 2.83. The fourth-order valence-corrected chi connectivity index (χ4v) is 4.61. The molecule has 0 saturated heterocycles. The van der Waals surface area contributed by atoms with Crippen molar-refractivity contribution in [1.29, 1.82) is 0 Å². The molecule has 0 amide bonds. The number of halogens is 2. The van der Waals surface area contributed by atoms with Gasteiger partial charge in [-0.05, 0) is 33.6 Å². The van der Waals surface area contributed by atoms with Crippen molar-refractivity contribution in [2.75, 3.05) is 6.54 Å². The number of sulfonamides is 1. The summed E-state index contributed by atoms with van der Waals surface area (Å²) in [6, 6.07) is 5.18. The highest BCUT2D eigenvalue weighted by Crippen LogP contribution is 2.29. The van der Waals surface area contributed by atoms with Gasteiger partial charge < -0.3 is 0 Å². The molecule has 110 valence electrons. The Labute approximate surface area is 136 Å². The first-order valence-electron chi connectivity index (χ1n) is 6.22. The monoisotopic (exact) mass is 387 g/mol. The smallest absolute Gasteiger partial charge is 0.246 e. The van der Waals surface area contributed by atoms with Crippen LogP contribution in [0.25, 0.3) is 0 Å². The van der Waals surface area contributed by atoms with Crippen molar-refractivity contribution < 1.29 is 8.42 Å². The molecule has 0 spiro atoms. The second-order valence-corrected chi connectivity index (χ2v) is 7.82. The summed E-state index contributed by atoms with van der Waals surface area (Å²) in [6.45, 7) is 0.684. The van der Waals surface area contributed by atoms with Crippen molar-refractivity contribution in [3.8, 4) is 0 Å². The molecule has 0 saturated carbocycles. The van der Waals surface area contributed by atoms with Gasteiger partial charge in [-0.25, -0.2) is 13.4 Å². The van der Waals surface area contributed by atoms with Crippen molar-refractivity contribution in [3.05, 3.63) is 51.5 Å². The lowest BCUT2D eigenvalue weighted by atomic mass is 10.1. The van der Waals surface area contributed by atoms with Crippen LogP contribution in [0.1, 0.15) is 11.3 Å². The minimum Gasteiger partial charge on any atom is -0.261 e. The maximum Gasteiger partial charge on any atom is 0.246 e. The summed E-state index contributed by atoms with van der Waals surface area (Å²) in [7, 11) is -3.68. The number of pyridine rings is 2. The molecule has 3 rings (SSSR count). The minimum atomic E-state index is -3.68. The maximum absolute atomic E-state index is 12.7. The molecule has 21 heavy (non-hydrogen) atoms. The molecule has 0 bridgehead atoms. The molecular weight excluding hydrogens is 378 g/mol. The Morgan fingerprint density at radius 1 is 1.33 bits per heavy atom. The molecule has 3 heterocycles. The van der Waals surface area contributed by atoms with Crippen molar-refractivity contribution >= 4 is 37.6 Å². The molecule has 0 N–H and O–H groups in total. The highest BCUT2D eigenvalue weighted by atomic mass is 79.9. The van der Waals surface area contributed by atoms with E-state index in [0.717, 1.165) is 11.3 Å². The first kappa shape index (κ1) is 14.9. The summed E-state index contributed by atoms with van der Waals surface area (Å²) >= 11 is 9.17. The lowest BCUT2D eigenvalue weighted by Gasteiger charge is -2.27. The van der Waals surface area contributed by atoms with Crippen LogP contribution in [0.5, 0.6) is 0 Å². The van der Waals surface area contributed by atoms with E-state index in [-0.39, 0.29) is 10.0 Å². The minimum absolute atomic E-state index is 0.0183. The highest BCUT2D eigenvalue weighted by Gasteiger charge is 2.30. The summed E-state index contributed by atoms with van der Waals surface area (Å²) in [6.07, 6.45) is 3.78. The van der Waals surface area contributed by atoms with Crippen LogP contribution in [0.4, 0.5) is 0 Å².